The van der Waals surface area contributed by atoms with Gasteiger partial charge in [-0.05, 0) is 46.8 Å². The lowest BCUT2D eigenvalue weighted by Gasteiger charge is -2.08. The first kappa shape index (κ1) is 15.3. The van der Waals surface area contributed by atoms with Crippen LogP contribution in [0.2, 0.25) is 15.1 Å². The molecule has 0 atom stereocenters. The van der Waals surface area contributed by atoms with Gasteiger partial charge in [-0.25, -0.2) is 4.98 Å². The summed E-state index contributed by atoms with van der Waals surface area (Å²) in [6.07, 6.45) is 0. The largest absolute Gasteiger partial charge is 0.274 e. The van der Waals surface area contributed by atoms with Crippen molar-refractivity contribution in [1.82, 2.24) is 25.0 Å². The van der Waals surface area contributed by atoms with E-state index in [-0.39, 0.29) is 0 Å². The van der Waals surface area contributed by atoms with Crippen LogP contribution in [0, 0.1) is 0 Å². The Kier molecular flexibility index (Phi) is 3.84. The molecule has 4 aromatic rings. The maximum absolute atomic E-state index is 6.31. The van der Waals surface area contributed by atoms with Crippen molar-refractivity contribution >= 4 is 40.6 Å². The highest BCUT2D eigenvalue weighted by Gasteiger charge is 2.14. The Hall–Kier alpha value is -2.21. The molecule has 0 aliphatic rings. The summed E-state index contributed by atoms with van der Waals surface area (Å²) in [6, 6.07) is 14.5. The minimum Gasteiger partial charge on any atom is -0.209 e. The second-order valence-corrected chi connectivity index (χ2v) is 6.33. The van der Waals surface area contributed by atoms with E-state index in [4.69, 9.17) is 34.8 Å². The Bertz CT molecular complexity index is 1040. The number of benzene rings is 2. The minimum absolute atomic E-state index is 0.378. The SMILES string of the molecule is Clc1ccc(-c2cc(-c3ccc(Cl)cc3Cl)nc3nnnn23)cc1. The predicted molar refractivity (Wildman–Crippen MR) is 94.5 cm³/mol. The van der Waals surface area contributed by atoms with Gasteiger partial charge in [0.25, 0.3) is 5.78 Å². The zero-order chi connectivity index (χ0) is 16.7. The number of halogens is 3. The van der Waals surface area contributed by atoms with E-state index < -0.39 is 0 Å². The van der Waals surface area contributed by atoms with Crippen LogP contribution in [0.15, 0.2) is 48.5 Å². The Labute approximate surface area is 151 Å². The van der Waals surface area contributed by atoms with Crippen molar-refractivity contribution in [3.63, 3.8) is 0 Å². The molecule has 0 saturated carbocycles. The summed E-state index contributed by atoms with van der Waals surface area (Å²) in [5.74, 6) is 0.378. The molecule has 0 aliphatic heterocycles. The molecule has 8 heteroatoms. The second-order valence-electron chi connectivity index (χ2n) is 5.05. The molecule has 2 aromatic carbocycles. The van der Waals surface area contributed by atoms with Crippen LogP contribution in [0.3, 0.4) is 0 Å². The van der Waals surface area contributed by atoms with Gasteiger partial charge in [-0.1, -0.05) is 52.0 Å². The molecule has 0 bridgehead atoms. The molecule has 0 spiro atoms. The zero-order valence-electron chi connectivity index (χ0n) is 12.0. The maximum atomic E-state index is 6.31. The molecule has 2 aromatic heterocycles. The van der Waals surface area contributed by atoms with Crippen molar-refractivity contribution in [2.24, 2.45) is 0 Å². The van der Waals surface area contributed by atoms with Gasteiger partial charge in [0, 0.05) is 21.2 Å². The molecule has 0 N–H and O–H groups in total. The monoisotopic (exact) mass is 375 g/mol. The number of fused-ring (bicyclic) bond motifs is 1. The first-order valence-corrected chi connectivity index (χ1v) is 8.06. The van der Waals surface area contributed by atoms with Crippen molar-refractivity contribution < 1.29 is 0 Å². The summed E-state index contributed by atoms with van der Waals surface area (Å²) in [6.45, 7) is 0. The summed E-state index contributed by atoms with van der Waals surface area (Å²) >= 11 is 18.2. The van der Waals surface area contributed by atoms with Gasteiger partial charge in [0.15, 0.2) is 0 Å². The van der Waals surface area contributed by atoms with E-state index in [2.05, 4.69) is 20.5 Å². The quantitative estimate of drug-likeness (QED) is 0.503. The van der Waals surface area contributed by atoms with E-state index in [9.17, 15) is 0 Å². The smallest absolute Gasteiger partial charge is 0.209 e. The van der Waals surface area contributed by atoms with Crippen molar-refractivity contribution in [2.45, 2.75) is 0 Å². The van der Waals surface area contributed by atoms with E-state index in [1.165, 1.54) is 0 Å². The van der Waals surface area contributed by atoms with Gasteiger partial charge in [-0.2, -0.15) is 4.52 Å². The van der Waals surface area contributed by atoms with Crippen LogP contribution in [0.1, 0.15) is 0 Å². The Morgan fingerprint density at radius 1 is 0.833 bits per heavy atom. The molecule has 0 saturated heterocycles. The van der Waals surface area contributed by atoms with Crippen LogP contribution in [-0.2, 0) is 0 Å². The third-order valence-electron chi connectivity index (χ3n) is 3.52. The fraction of sp³-hybridized carbons (Fsp3) is 0. The van der Waals surface area contributed by atoms with Crippen molar-refractivity contribution in [1.29, 1.82) is 0 Å². The van der Waals surface area contributed by atoms with Crippen molar-refractivity contribution in [2.75, 3.05) is 0 Å². The van der Waals surface area contributed by atoms with Gasteiger partial charge < -0.3 is 0 Å². The van der Waals surface area contributed by atoms with E-state index in [1.54, 1.807) is 16.6 Å². The van der Waals surface area contributed by atoms with Gasteiger partial charge in [-0.3, -0.25) is 0 Å². The van der Waals surface area contributed by atoms with Gasteiger partial charge in [0.1, 0.15) is 0 Å². The number of rotatable bonds is 2. The molecular formula is C16H8Cl3N5. The predicted octanol–water partition coefficient (Wildman–Crippen LogP) is 4.81. The van der Waals surface area contributed by atoms with Crippen molar-refractivity contribution in [3.8, 4) is 22.5 Å². The average molecular weight is 377 g/mol. The summed E-state index contributed by atoms with van der Waals surface area (Å²) < 4.78 is 1.57. The summed E-state index contributed by atoms with van der Waals surface area (Å²) in [4.78, 5) is 4.47. The van der Waals surface area contributed by atoms with Gasteiger partial charge in [-0.15, -0.1) is 0 Å². The van der Waals surface area contributed by atoms with Crippen LogP contribution in [-0.4, -0.2) is 25.0 Å². The molecule has 4 rings (SSSR count). The number of aromatic nitrogens is 5. The minimum atomic E-state index is 0.378. The number of hydrogen-bond donors (Lipinski definition) is 0. The van der Waals surface area contributed by atoms with E-state index in [0.29, 0.717) is 26.5 Å². The molecule has 0 unspecified atom stereocenters. The lowest BCUT2D eigenvalue weighted by Crippen LogP contribution is -1.99. The highest BCUT2D eigenvalue weighted by Crippen LogP contribution is 2.32. The second kappa shape index (κ2) is 6.02. The fourth-order valence-corrected chi connectivity index (χ4v) is 3.03. The summed E-state index contributed by atoms with van der Waals surface area (Å²) in [7, 11) is 0. The lowest BCUT2D eigenvalue weighted by atomic mass is 10.1. The normalized spacial score (nSPS) is 11.1. The average Bonchev–Trinajstić information content (AvgIpc) is 3.03. The number of nitrogens with zero attached hydrogens (tertiary/aromatic N) is 5. The van der Waals surface area contributed by atoms with Crippen LogP contribution >= 0.6 is 34.8 Å². The fourth-order valence-electron chi connectivity index (χ4n) is 2.40. The van der Waals surface area contributed by atoms with Crippen LogP contribution in [0.4, 0.5) is 0 Å². The molecule has 0 radical (unpaired) electrons. The summed E-state index contributed by atoms with van der Waals surface area (Å²) in [5.41, 5.74) is 3.10. The Morgan fingerprint density at radius 3 is 2.33 bits per heavy atom. The standard InChI is InChI=1S/C16H8Cl3N5/c17-10-3-1-9(2-4-10)15-8-14(20-16-21-22-23-24(15)16)12-6-5-11(18)7-13(12)19/h1-8H. The molecule has 5 nitrogen and oxygen atoms in total. The van der Waals surface area contributed by atoms with Crippen LogP contribution in [0.25, 0.3) is 28.3 Å². The zero-order valence-corrected chi connectivity index (χ0v) is 14.3. The third-order valence-corrected chi connectivity index (χ3v) is 4.32. The van der Waals surface area contributed by atoms with E-state index >= 15 is 0 Å². The van der Waals surface area contributed by atoms with Crippen LogP contribution < -0.4 is 0 Å². The number of tetrazole rings is 1. The lowest BCUT2D eigenvalue weighted by molar-refractivity contribution is 0.826. The molecule has 118 valence electrons. The van der Waals surface area contributed by atoms with Gasteiger partial charge in [0.05, 0.1) is 16.4 Å². The Balaban J connectivity index is 1.97. The molecule has 0 amide bonds. The van der Waals surface area contributed by atoms with E-state index in [1.807, 2.05) is 36.4 Å². The van der Waals surface area contributed by atoms with E-state index in [0.717, 1.165) is 16.8 Å². The molecule has 0 fully saturated rings. The first-order valence-electron chi connectivity index (χ1n) is 6.92. The molecule has 0 aliphatic carbocycles. The summed E-state index contributed by atoms with van der Waals surface area (Å²) in [5, 5.41) is 13.4. The third kappa shape index (κ3) is 2.71. The molecular weight excluding hydrogens is 369 g/mol. The highest BCUT2D eigenvalue weighted by molar-refractivity contribution is 6.36. The topological polar surface area (TPSA) is 56.0 Å². The maximum Gasteiger partial charge on any atom is 0.274 e. The number of hydrogen-bond acceptors (Lipinski definition) is 4. The molecule has 24 heavy (non-hydrogen) atoms. The van der Waals surface area contributed by atoms with Gasteiger partial charge >= 0.3 is 0 Å². The Morgan fingerprint density at radius 2 is 1.58 bits per heavy atom. The van der Waals surface area contributed by atoms with Gasteiger partial charge in [0.2, 0.25) is 0 Å². The van der Waals surface area contributed by atoms with Crippen LogP contribution in [0.5, 0.6) is 0 Å². The first-order chi connectivity index (χ1) is 11.6. The molecule has 2 heterocycles. The highest BCUT2D eigenvalue weighted by atomic mass is 35.5. The van der Waals surface area contributed by atoms with Crippen molar-refractivity contribution in [3.05, 3.63) is 63.6 Å².